The maximum absolute atomic E-state index is 4.58. The first kappa shape index (κ1) is 14.6. The van der Waals surface area contributed by atoms with Crippen molar-refractivity contribution in [2.24, 2.45) is 0 Å². The summed E-state index contributed by atoms with van der Waals surface area (Å²) in [5.74, 6) is 0.955. The third-order valence-corrected chi connectivity index (χ3v) is 5.49. The molecule has 2 aromatic rings. The molecule has 1 heterocycles. The summed E-state index contributed by atoms with van der Waals surface area (Å²) in [6.07, 6.45) is 0. The van der Waals surface area contributed by atoms with Gasteiger partial charge in [0.05, 0.1) is 11.4 Å². The van der Waals surface area contributed by atoms with Crippen LogP contribution in [0.4, 0.5) is 0 Å². The first-order valence-corrected chi connectivity index (χ1v) is 8.23. The van der Waals surface area contributed by atoms with Crippen LogP contribution in [-0.2, 0) is 5.75 Å². The number of hydrogen-bond acceptors (Lipinski definition) is 4. The minimum atomic E-state index is 0.393. The summed E-state index contributed by atoms with van der Waals surface area (Å²) < 4.78 is 0. The van der Waals surface area contributed by atoms with Crippen molar-refractivity contribution in [1.29, 1.82) is 0 Å². The Labute approximate surface area is 123 Å². The lowest BCUT2D eigenvalue weighted by Gasteiger charge is -2.11. The zero-order valence-electron chi connectivity index (χ0n) is 11.9. The van der Waals surface area contributed by atoms with Gasteiger partial charge in [-0.15, -0.1) is 23.1 Å². The van der Waals surface area contributed by atoms with Crippen LogP contribution in [0.2, 0.25) is 0 Å². The second kappa shape index (κ2) is 6.55. The van der Waals surface area contributed by atoms with E-state index in [0.717, 1.165) is 11.4 Å². The number of benzene rings is 1. The van der Waals surface area contributed by atoms with Gasteiger partial charge in [0.25, 0.3) is 0 Å². The summed E-state index contributed by atoms with van der Waals surface area (Å²) in [6, 6.07) is 9.13. The Kier molecular flexibility index (Phi) is 5.02. The molecule has 0 aliphatic carbocycles. The van der Waals surface area contributed by atoms with Crippen LogP contribution in [0, 0.1) is 13.8 Å². The molecule has 1 unspecified atom stereocenters. The summed E-state index contributed by atoms with van der Waals surface area (Å²) in [5.41, 5.74) is 2.50. The first-order chi connectivity index (χ1) is 9.10. The van der Waals surface area contributed by atoms with Crippen LogP contribution in [0.25, 0.3) is 0 Å². The van der Waals surface area contributed by atoms with Gasteiger partial charge >= 0.3 is 0 Å². The molecule has 2 nitrogen and oxygen atoms in total. The van der Waals surface area contributed by atoms with Crippen LogP contribution < -0.4 is 5.32 Å². The fourth-order valence-corrected chi connectivity index (χ4v) is 3.68. The average molecular weight is 292 g/mol. The van der Waals surface area contributed by atoms with Gasteiger partial charge in [-0.3, -0.25) is 0 Å². The summed E-state index contributed by atoms with van der Waals surface area (Å²) in [7, 11) is 1.99. The SMILES string of the molecule is CNC(C)c1cccc(SCc2nc(C)c(C)s2)c1. The van der Waals surface area contributed by atoms with E-state index in [9.17, 15) is 0 Å². The van der Waals surface area contributed by atoms with E-state index in [1.807, 2.05) is 18.8 Å². The Morgan fingerprint density at radius 1 is 1.37 bits per heavy atom. The van der Waals surface area contributed by atoms with Gasteiger partial charge in [-0.05, 0) is 45.5 Å². The molecule has 102 valence electrons. The van der Waals surface area contributed by atoms with Crippen molar-refractivity contribution in [1.82, 2.24) is 10.3 Å². The zero-order valence-corrected chi connectivity index (χ0v) is 13.5. The fraction of sp³-hybridized carbons (Fsp3) is 0.400. The number of rotatable bonds is 5. The molecule has 19 heavy (non-hydrogen) atoms. The molecule has 1 N–H and O–H groups in total. The molecule has 0 fully saturated rings. The molecule has 0 aliphatic heterocycles. The van der Waals surface area contributed by atoms with Gasteiger partial charge in [-0.2, -0.15) is 0 Å². The topological polar surface area (TPSA) is 24.9 Å². The number of thioether (sulfide) groups is 1. The Morgan fingerprint density at radius 3 is 2.79 bits per heavy atom. The normalized spacial score (nSPS) is 12.6. The van der Waals surface area contributed by atoms with Crippen LogP contribution in [0.3, 0.4) is 0 Å². The Morgan fingerprint density at radius 2 is 2.16 bits per heavy atom. The van der Waals surface area contributed by atoms with E-state index in [1.165, 1.54) is 20.3 Å². The van der Waals surface area contributed by atoms with Crippen molar-refractivity contribution in [2.45, 2.75) is 37.5 Å². The highest BCUT2D eigenvalue weighted by Crippen LogP contribution is 2.28. The van der Waals surface area contributed by atoms with Crippen molar-refractivity contribution in [3.8, 4) is 0 Å². The van der Waals surface area contributed by atoms with E-state index in [0.29, 0.717) is 6.04 Å². The van der Waals surface area contributed by atoms with E-state index in [1.54, 1.807) is 11.3 Å². The summed E-state index contributed by atoms with van der Waals surface area (Å²) in [4.78, 5) is 7.22. The van der Waals surface area contributed by atoms with E-state index < -0.39 is 0 Å². The monoisotopic (exact) mass is 292 g/mol. The number of aryl methyl sites for hydroxylation is 2. The van der Waals surface area contributed by atoms with E-state index in [-0.39, 0.29) is 0 Å². The lowest BCUT2D eigenvalue weighted by Crippen LogP contribution is -2.11. The van der Waals surface area contributed by atoms with Crippen molar-refractivity contribution in [2.75, 3.05) is 7.05 Å². The molecule has 1 atom stereocenters. The molecule has 0 bridgehead atoms. The lowest BCUT2D eigenvalue weighted by atomic mass is 10.1. The number of nitrogens with zero attached hydrogens (tertiary/aromatic N) is 1. The number of nitrogens with one attached hydrogen (secondary N) is 1. The highest BCUT2D eigenvalue weighted by atomic mass is 32.2. The number of thiazole rings is 1. The number of aromatic nitrogens is 1. The summed E-state index contributed by atoms with van der Waals surface area (Å²) in [5, 5.41) is 4.49. The zero-order chi connectivity index (χ0) is 13.8. The second-order valence-electron chi connectivity index (χ2n) is 4.62. The molecule has 4 heteroatoms. The molecule has 0 saturated heterocycles. The minimum Gasteiger partial charge on any atom is -0.313 e. The number of hydrogen-bond donors (Lipinski definition) is 1. The van der Waals surface area contributed by atoms with E-state index in [4.69, 9.17) is 0 Å². The molecule has 0 saturated carbocycles. The van der Waals surface area contributed by atoms with Gasteiger partial charge in [0, 0.05) is 15.8 Å². The maximum Gasteiger partial charge on any atom is 0.103 e. The fourth-order valence-electron chi connectivity index (χ4n) is 1.79. The second-order valence-corrected chi connectivity index (χ2v) is 6.96. The van der Waals surface area contributed by atoms with Crippen molar-refractivity contribution >= 4 is 23.1 Å². The molecule has 0 radical (unpaired) electrons. The Balaban J connectivity index is 2.03. The van der Waals surface area contributed by atoms with Gasteiger partial charge in [0.2, 0.25) is 0 Å². The third-order valence-electron chi connectivity index (χ3n) is 3.23. The van der Waals surface area contributed by atoms with Gasteiger partial charge in [0.1, 0.15) is 5.01 Å². The van der Waals surface area contributed by atoms with Crippen molar-refractivity contribution < 1.29 is 0 Å². The molecule has 0 spiro atoms. The predicted octanol–water partition coefficient (Wildman–Crippen LogP) is 4.33. The van der Waals surface area contributed by atoms with Crippen molar-refractivity contribution in [3.63, 3.8) is 0 Å². The smallest absolute Gasteiger partial charge is 0.103 e. The molecule has 0 amide bonds. The molecular formula is C15H20N2S2. The quantitative estimate of drug-likeness (QED) is 0.830. The largest absolute Gasteiger partial charge is 0.313 e. The minimum absolute atomic E-state index is 0.393. The molecule has 2 rings (SSSR count). The summed E-state index contributed by atoms with van der Waals surface area (Å²) >= 11 is 3.66. The molecule has 1 aromatic heterocycles. The Bertz CT molecular complexity index is 529. The third kappa shape index (κ3) is 3.81. The summed E-state index contributed by atoms with van der Waals surface area (Å²) in [6.45, 7) is 6.39. The molecular weight excluding hydrogens is 272 g/mol. The lowest BCUT2D eigenvalue weighted by molar-refractivity contribution is 0.651. The van der Waals surface area contributed by atoms with Crippen LogP contribution in [-0.4, -0.2) is 12.0 Å². The first-order valence-electron chi connectivity index (χ1n) is 6.43. The highest BCUT2D eigenvalue weighted by Gasteiger charge is 2.06. The van der Waals surface area contributed by atoms with Gasteiger partial charge in [-0.1, -0.05) is 12.1 Å². The van der Waals surface area contributed by atoms with Crippen molar-refractivity contribution in [3.05, 3.63) is 45.4 Å². The van der Waals surface area contributed by atoms with Gasteiger partial charge in [0.15, 0.2) is 0 Å². The predicted molar refractivity (Wildman–Crippen MR) is 85.1 cm³/mol. The highest BCUT2D eigenvalue weighted by molar-refractivity contribution is 7.98. The Hall–Kier alpha value is -0.840. The molecule has 0 aliphatic rings. The van der Waals surface area contributed by atoms with Crippen LogP contribution in [0.5, 0.6) is 0 Å². The standard InChI is InChI=1S/C15H20N2S2/c1-10-12(3)19-15(17-10)9-18-14-7-5-6-13(8-14)11(2)16-4/h5-8,11,16H,9H2,1-4H3. The van der Waals surface area contributed by atoms with E-state index in [2.05, 4.69) is 55.3 Å². The average Bonchev–Trinajstić information content (AvgIpc) is 2.75. The van der Waals surface area contributed by atoms with Gasteiger partial charge < -0.3 is 5.32 Å². The van der Waals surface area contributed by atoms with Gasteiger partial charge in [-0.25, -0.2) is 4.98 Å². The molecule has 1 aromatic carbocycles. The maximum atomic E-state index is 4.58. The van der Waals surface area contributed by atoms with Crippen LogP contribution in [0.15, 0.2) is 29.2 Å². The van der Waals surface area contributed by atoms with Crippen LogP contribution in [0.1, 0.15) is 34.1 Å². The van der Waals surface area contributed by atoms with E-state index >= 15 is 0 Å². The van der Waals surface area contributed by atoms with Crippen LogP contribution >= 0.6 is 23.1 Å².